The van der Waals surface area contributed by atoms with Gasteiger partial charge in [0.15, 0.2) is 0 Å². The predicted molar refractivity (Wildman–Crippen MR) is 84.1 cm³/mol. The summed E-state index contributed by atoms with van der Waals surface area (Å²) in [5, 5.41) is 19.4. The first-order valence-electron chi connectivity index (χ1n) is 7.06. The number of hydrogen-bond donors (Lipinski definition) is 1. The van der Waals surface area contributed by atoms with Crippen LogP contribution in [-0.2, 0) is 4.74 Å². The maximum atomic E-state index is 10.0. The molecule has 0 aliphatic heterocycles. The second-order valence-corrected chi connectivity index (χ2v) is 5.77. The van der Waals surface area contributed by atoms with Crippen molar-refractivity contribution in [3.05, 3.63) is 34.9 Å². The summed E-state index contributed by atoms with van der Waals surface area (Å²) < 4.78 is 5.69. The molecule has 0 heterocycles. The number of benzene rings is 1. The molecule has 0 amide bonds. The minimum absolute atomic E-state index is 0.0984. The van der Waals surface area contributed by atoms with Crippen molar-refractivity contribution in [2.45, 2.75) is 38.5 Å². The number of nitriles is 1. The molecule has 0 saturated carbocycles. The molecule has 116 valence electrons. The molecule has 0 aliphatic carbocycles. The van der Waals surface area contributed by atoms with Crippen LogP contribution < -0.4 is 0 Å². The summed E-state index contributed by atoms with van der Waals surface area (Å²) in [4.78, 5) is 1.96. The van der Waals surface area contributed by atoms with E-state index in [1.807, 2.05) is 50.1 Å². The van der Waals surface area contributed by atoms with Gasteiger partial charge in [0.05, 0.1) is 31.3 Å². The third-order valence-electron chi connectivity index (χ3n) is 3.52. The molecule has 1 rings (SSSR count). The lowest BCUT2D eigenvalue weighted by atomic mass is 10.1. The van der Waals surface area contributed by atoms with Crippen molar-refractivity contribution in [1.29, 1.82) is 5.26 Å². The Morgan fingerprint density at radius 2 is 1.95 bits per heavy atom. The van der Waals surface area contributed by atoms with Crippen molar-refractivity contribution in [2.75, 3.05) is 20.2 Å². The van der Waals surface area contributed by atoms with E-state index in [1.54, 1.807) is 0 Å². The van der Waals surface area contributed by atoms with Crippen LogP contribution in [0, 0.1) is 11.3 Å². The lowest BCUT2D eigenvalue weighted by Gasteiger charge is -2.26. The molecule has 0 saturated heterocycles. The van der Waals surface area contributed by atoms with Gasteiger partial charge in [-0.25, -0.2) is 0 Å². The molecule has 1 aromatic carbocycles. The molecule has 21 heavy (non-hydrogen) atoms. The van der Waals surface area contributed by atoms with Gasteiger partial charge in [-0.2, -0.15) is 5.26 Å². The van der Waals surface area contributed by atoms with E-state index in [-0.39, 0.29) is 18.8 Å². The van der Waals surface area contributed by atoms with Crippen LogP contribution in [0.4, 0.5) is 0 Å². The number of ether oxygens (including phenoxy) is 1. The summed E-state index contributed by atoms with van der Waals surface area (Å²) in [6.07, 6.45) is -0.227. The normalized spacial score (nSPS) is 15.5. The van der Waals surface area contributed by atoms with E-state index < -0.39 is 6.10 Å². The molecule has 3 unspecified atom stereocenters. The minimum Gasteiger partial charge on any atom is -0.389 e. The predicted octanol–water partition coefficient (Wildman–Crippen LogP) is 3.01. The van der Waals surface area contributed by atoms with Gasteiger partial charge in [-0.15, -0.1) is 0 Å². The second kappa shape index (κ2) is 9.01. The van der Waals surface area contributed by atoms with Gasteiger partial charge in [-0.3, -0.25) is 0 Å². The Labute approximate surface area is 131 Å². The van der Waals surface area contributed by atoms with Crippen molar-refractivity contribution in [2.24, 2.45) is 0 Å². The number of rotatable bonds is 8. The van der Waals surface area contributed by atoms with Crippen molar-refractivity contribution >= 4 is 11.6 Å². The molecule has 4 nitrogen and oxygen atoms in total. The molecule has 1 aromatic rings. The van der Waals surface area contributed by atoms with Gasteiger partial charge in [-0.05, 0) is 38.6 Å². The maximum absolute atomic E-state index is 10.0. The number of hydrogen-bond acceptors (Lipinski definition) is 4. The van der Waals surface area contributed by atoms with E-state index in [9.17, 15) is 5.11 Å². The highest BCUT2D eigenvalue weighted by atomic mass is 35.5. The second-order valence-electron chi connectivity index (χ2n) is 5.33. The van der Waals surface area contributed by atoms with Crippen molar-refractivity contribution in [3.63, 3.8) is 0 Å². The van der Waals surface area contributed by atoms with E-state index in [4.69, 9.17) is 21.6 Å². The van der Waals surface area contributed by atoms with Crippen LogP contribution in [0.15, 0.2) is 24.3 Å². The fourth-order valence-electron chi connectivity index (χ4n) is 1.94. The molecular formula is C16H23ClN2O2. The topological polar surface area (TPSA) is 56.5 Å². The lowest BCUT2D eigenvalue weighted by molar-refractivity contribution is -0.0163. The molecule has 3 atom stereocenters. The van der Waals surface area contributed by atoms with Gasteiger partial charge in [0, 0.05) is 17.6 Å². The molecule has 0 aromatic heterocycles. The average Bonchev–Trinajstić information content (AvgIpc) is 2.45. The largest absolute Gasteiger partial charge is 0.389 e. The van der Waals surface area contributed by atoms with Crippen LogP contribution in [0.3, 0.4) is 0 Å². The quantitative estimate of drug-likeness (QED) is 0.802. The number of halogens is 1. The monoisotopic (exact) mass is 310 g/mol. The lowest BCUT2D eigenvalue weighted by Crippen LogP contribution is -2.37. The Morgan fingerprint density at radius 3 is 2.52 bits per heavy atom. The molecule has 0 radical (unpaired) electrons. The zero-order chi connectivity index (χ0) is 15.8. The van der Waals surface area contributed by atoms with Crippen LogP contribution in [0.25, 0.3) is 0 Å². The Bertz CT molecular complexity index is 458. The third kappa shape index (κ3) is 6.45. The van der Waals surface area contributed by atoms with Crippen LogP contribution in [0.5, 0.6) is 0 Å². The first-order chi connectivity index (χ1) is 9.93. The Morgan fingerprint density at radius 1 is 1.33 bits per heavy atom. The molecule has 0 spiro atoms. The van der Waals surface area contributed by atoms with Crippen molar-refractivity contribution < 1.29 is 9.84 Å². The van der Waals surface area contributed by atoms with Crippen LogP contribution >= 0.6 is 11.6 Å². The summed E-state index contributed by atoms with van der Waals surface area (Å²) in [5.74, 6) is 0. The summed E-state index contributed by atoms with van der Waals surface area (Å²) in [7, 11) is 1.90. The number of aliphatic hydroxyl groups excluding tert-OH is 1. The zero-order valence-corrected chi connectivity index (χ0v) is 13.5. The highest BCUT2D eigenvalue weighted by Crippen LogP contribution is 2.19. The van der Waals surface area contributed by atoms with E-state index >= 15 is 0 Å². The Balaban J connectivity index is 2.37. The standard InChI is InChI=1S/C16H23ClN2O2/c1-12(8-9-18)19(3)10-16(20)11-21-13(2)14-4-6-15(17)7-5-14/h4-7,12-13,16,20H,8,10-11H2,1-3H3. The first-order valence-corrected chi connectivity index (χ1v) is 7.44. The van der Waals surface area contributed by atoms with Crippen LogP contribution in [0.1, 0.15) is 31.9 Å². The van der Waals surface area contributed by atoms with Gasteiger partial charge in [0.25, 0.3) is 0 Å². The van der Waals surface area contributed by atoms with E-state index in [0.29, 0.717) is 18.0 Å². The average molecular weight is 311 g/mol. The van der Waals surface area contributed by atoms with Gasteiger partial charge in [-0.1, -0.05) is 23.7 Å². The number of likely N-dealkylation sites (N-methyl/N-ethyl adjacent to an activating group) is 1. The summed E-state index contributed by atoms with van der Waals surface area (Å²) in [5.41, 5.74) is 1.03. The molecule has 1 N–H and O–H groups in total. The molecule has 5 heteroatoms. The summed E-state index contributed by atoms with van der Waals surface area (Å²) in [6, 6.07) is 9.74. The van der Waals surface area contributed by atoms with E-state index in [1.165, 1.54) is 0 Å². The van der Waals surface area contributed by atoms with Gasteiger partial charge in [0.2, 0.25) is 0 Å². The smallest absolute Gasteiger partial charge is 0.0900 e. The van der Waals surface area contributed by atoms with Gasteiger partial charge >= 0.3 is 0 Å². The highest BCUT2D eigenvalue weighted by Gasteiger charge is 2.15. The third-order valence-corrected chi connectivity index (χ3v) is 3.77. The summed E-state index contributed by atoms with van der Waals surface area (Å²) >= 11 is 5.85. The van der Waals surface area contributed by atoms with Crippen molar-refractivity contribution in [3.8, 4) is 6.07 Å². The number of nitrogens with zero attached hydrogens (tertiary/aromatic N) is 2. The molecule has 0 bridgehead atoms. The van der Waals surface area contributed by atoms with Gasteiger partial charge in [0.1, 0.15) is 0 Å². The molecular weight excluding hydrogens is 288 g/mol. The minimum atomic E-state index is -0.578. The SMILES string of the molecule is CC(OCC(O)CN(C)C(C)CC#N)c1ccc(Cl)cc1. The molecule has 0 fully saturated rings. The zero-order valence-electron chi connectivity index (χ0n) is 12.8. The Hall–Kier alpha value is -1.12. The first kappa shape index (κ1) is 17.9. The van der Waals surface area contributed by atoms with Crippen LogP contribution in [-0.4, -0.2) is 42.4 Å². The molecule has 0 aliphatic rings. The fraction of sp³-hybridized carbons (Fsp3) is 0.562. The van der Waals surface area contributed by atoms with Gasteiger partial charge < -0.3 is 14.7 Å². The summed E-state index contributed by atoms with van der Waals surface area (Å²) in [6.45, 7) is 4.65. The maximum Gasteiger partial charge on any atom is 0.0900 e. The Kier molecular flexibility index (Phi) is 7.69. The van der Waals surface area contributed by atoms with Crippen LogP contribution in [0.2, 0.25) is 5.02 Å². The van der Waals surface area contributed by atoms with E-state index in [0.717, 1.165) is 5.56 Å². The van der Waals surface area contributed by atoms with Crippen molar-refractivity contribution in [1.82, 2.24) is 4.90 Å². The highest BCUT2D eigenvalue weighted by molar-refractivity contribution is 6.30. The fourth-order valence-corrected chi connectivity index (χ4v) is 2.06. The van der Waals surface area contributed by atoms with E-state index in [2.05, 4.69) is 6.07 Å². The number of aliphatic hydroxyl groups is 1.